The first kappa shape index (κ1) is 13.6. The van der Waals surface area contributed by atoms with Gasteiger partial charge in [0, 0.05) is 16.8 Å². The Balaban J connectivity index is 2.23. The van der Waals surface area contributed by atoms with Crippen LogP contribution in [-0.4, -0.2) is 15.2 Å². The number of anilines is 1. The van der Waals surface area contributed by atoms with Crippen LogP contribution in [0.5, 0.6) is 11.5 Å². The van der Waals surface area contributed by atoms with Gasteiger partial charge >= 0.3 is 0 Å². The van der Waals surface area contributed by atoms with E-state index in [9.17, 15) is 10.2 Å². The number of aromatic hydroxyl groups is 2. The zero-order valence-electron chi connectivity index (χ0n) is 10.1. The summed E-state index contributed by atoms with van der Waals surface area (Å²) in [6.45, 7) is 1.91. The van der Waals surface area contributed by atoms with Crippen LogP contribution >= 0.6 is 23.8 Å². The first-order valence-corrected chi connectivity index (χ1v) is 6.35. The average molecular weight is 294 g/mol. The highest BCUT2D eigenvalue weighted by Crippen LogP contribution is 2.25. The molecule has 0 bridgehead atoms. The van der Waals surface area contributed by atoms with Crippen LogP contribution in [0.2, 0.25) is 5.02 Å². The normalized spacial score (nSPS) is 10.2. The number of aryl methyl sites for hydroxylation is 1. The van der Waals surface area contributed by atoms with Gasteiger partial charge in [-0.3, -0.25) is 0 Å². The lowest BCUT2D eigenvalue weighted by molar-refractivity contribution is 0.450. The molecule has 0 unspecified atom stereocenters. The van der Waals surface area contributed by atoms with Crippen molar-refractivity contribution in [3.05, 3.63) is 52.5 Å². The molecule has 2 rings (SSSR count). The van der Waals surface area contributed by atoms with E-state index in [4.69, 9.17) is 23.8 Å². The van der Waals surface area contributed by atoms with Crippen LogP contribution in [-0.2, 0) is 0 Å². The largest absolute Gasteiger partial charge is 0.508 e. The molecule has 2 aromatic carbocycles. The fourth-order valence-corrected chi connectivity index (χ4v) is 2.05. The highest BCUT2D eigenvalue weighted by Gasteiger charge is 2.08. The van der Waals surface area contributed by atoms with E-state index in [-0.39, 0.29) is 11.5 Å². The number of benzene rings is 2. The Labute approximate surface area is 121 Å². The topological polar surface area (TPSA) is 52.5 Å². The molecule has 0 amide bonds. The van der Waals surface area contributed by atoms with Crippen LogP contribution in [0.4, 0.5) is 5.69 Å². The number of thiocarbonyl (C=S) groups is 1. The second-order valence-electron chi connectivity index (χ2n) is 4.12. The summed E-state index contributed by atoms with van der Waals surface area (Å²) >= 11 is 11.2. The number of halogens is 1. The Hall–Kier alpha value is -1.78. The van der Waals surface area contributed by atoms with Crippen molar-refractivity contribution in [2.45, 2.75) is 6.92 Å². The molecule has 5 heteroatoms. The number of phenolic OH excluding ortho intramolecular Hbond substituents is 2. The number of hydrogen-bond acceptors (Lipinski definition) is 3. The Morgan fingerprint density at radius 1 is 1.16 bits per heavy atom. The molecule has 19 heavy (non-hydrogen) atoms. The Kier molecular flexibility index (Phi) is 3.93. The number of phenols is 2. The molecule has 0 saturated heterocycles. The van der Waals surface area contributed by atoms with E-state index in [1.54, 1.807) is 12.1 Å². The van der Waals surface area contributed by atoms with Gasteiger partial charge in [-0.05, 0) is 36.8 Å². The molecule has 0 fully saturated rings. The Morgan fingerprint density at radius 2 is 1.89 bits per heavy atom. The Bertz CT molecular complexity index is 643. The van der Waals surface area contributed by atoms with Crippen LogP contribution in [0.15, 0.2) is 36.4 Å². The zero-order chi connectivity index (χ0) is 14.0. The van der Waals surface area contributed by atoms with Gasteiger partial charge < -0.3 is 15.5 Å². The highest BCUT2D eigenvalue weighted by molar-refractivity contribution is 7.81. The molecule has 0 saturated carbocycles. The zero-order valence-corrected chi connectivity index (χ0v) is 11.7. The number of rotatable bonds is 2. The predicted molar refractivity (Wildman–Crippen MR) is 81.3 cm³/mol. The lowest BCUT2D eigenvalue weighted by Gasteiger charge is -2.10. The molecule has 0 aliphatic carbocycles. The second-order valence-corrected chi connectivity index (χ2v) is 4.93. The number of nitrogens with one attached hydrogen (secondary N) is 1. The molecule has 3 N–H and O–H groups in total. The van der Waals surface area contributed by atoms with Crippen LogP contribution in [0.25, 0.3) is 0 Å². The van der Waals surface area contributed by atoms with E-state index in [2.05, 4.69) is 5.32 Å². The van der Waals surface area contributed by atoms with Gasteiger partial charge in [-0.2, -0.15) is 0 Å². The third-order valence-corrected chi connectivity index (χ3v) is 3.38. The van der Waals surface area contributed by atoms with Crippen molar-refractivity contribution in [2.24, 2.45) is 0 Å². The first-order valence-electron chi connectivity index (χ1n) is 5.57. The molecule has 3 nitrogen and oxygen atoms in total. The van der Waals surface area contributed by atoms with Gasteiger partial charge in [0.15, 0.2) is 0 Å². The summed E-state index contributed by atoms with van der Waals surface area (Å²) in [7, 11) is 0. The number of hydrogen-bond donors (Lipinski definition) is 3. The van der Waals surface area contributed by atoms with Gasteiger partial charge in [0.05, 0.1) is 5.56 Å². The van der Waals surface area contributed by atoms with Crippen LogP contribution in [0.3, 0.4) is 0 Å². The van der Waals surface area contributed by atoms with Gasteiger partial charge in [-0.15, -0.1) is 0 Å². The van der Waals surface area contributed by atoms with Crippen molar-refractivity contribution in [1.82, 2.24) is 0 Å². The van der Waals surface area contributed by atoms with Gasteiger partial charge in [-0.1, -0.05) is 29.9 Å². The van der Waals surface area contributed by atoms with E-state index < -0.39 is 0 Å². The summed E-state index contributed by atoms with van der Waals surface area (Å²) in [4.78, 5) is 0.359. The summed E-state index contributed by atoms with van der Waals surface area (Å²) in [5.41, 5.74) is 2.17. The summed E-state index contributed by atoms with van der Waals surface area (Å²) in [5.74, 6) is -0.0851. The van der Waals surface area contributed by atoms with Crippen molar-refractivity contribution < 1.29 is 10.2 Å². The molecular formula is C14H12ClNO2S. The summed E-state index contributed by atoms with van der Waals surface area (Å²) < 4.78 is 0. The highest BCUT2D eigenvalue weighted by atomic mass is 35.5. The molecule has 0 aliphatic heterocycles. The van der Waals surface area contributed by atoms with E-state index >= 15 is 0 Å². The predicted octanol–water partition coefficient (Wildman–Crippen LogP) is 3.85. The fraction of sp³-hybridized carbons (Fsp3) is 0.0714. The van der Waals surface area contributed by atoms with E-state index in [0.29, 0.717) is 15.6 Å². The Morgan fingerprint density at radius 3 is 2.53 bits per heavy atom. The molecule has 0 radical (unpaired) electrons. The molecule has 98 valence electrons. The third kappa shape index (κ3) is 3.16. The third-order valence-electron chi connectivity index (χ3n) is 2.66. The standard InChI is InChI=1S/C14H12ClNO2S/c1-8-2-3-9(6-12(8)15)16-14(19)11-5-4-10(17)7-13(11)18/h2-7,17-18H,1H3,(H,16,19). The van der Waals surface area contributed by atoms with Crippen LogP contribution in [0.1, 0.15) is 11.1 Å². The molecule has 0 spiro atoms. The van der Waals surface area contributed by atoms with Crippen molar-refractivity contribution in [3.8, 4) is 11.5 Å². The average Bonchev–Trinajstić information content (AvgIpc) is 2.33. The smallest absolute Gasteiger partial charge is 0.129 e. The summed E-state index contributed by atoms with van der Waals surface area (Å²) in [6, 6.07) is 9.75. The minimum atomic E-state index is -0.0734. The maximum Gasteiger partial charge on any atom is 0.129 e. The van der Waals surface area contributed by atoms with Gasteiger partial charge in [0.25, 0.3) is 0 Å². The van der Waals surface area contributed by atoms with Crippen molar-refractivity contribution in [1.29, 1.82) is 0 Å². The molecule has 0 aromatic heterocycles. The minimum absolute atomic E-state index is 0.0116. The van der Waals surface area contributed by atoms with E-state index in [1.165, 1.54) is 12.1 Å². The van der Waals surface area contributed by atoms with Crippen molar-refractivity contribution in [3.63, 3.8) is 0 Å². The van der Waals surface area contributed by atoms with Crippen molar-refractivity contribution >= 4 is 34.5 Å². The maximum atomic E-state index is 9.72. The lowest BCUT2D eigenvalue weighted by Crippen LogP contribution is -2.10. The SMILES string of the molecule is Cc1ccc(NC(=S)c2ccc(O)cc2O)cc1Cl. The molecular weight excluding hydrogens is 282 g/mol. The quantitative estimate of drug-likeness (QED) is 0.736. The first-order chi connectivity index (χ1) is 8.97. The van der Waals surface area contributed by atoms with Crippen molar-refractivity contribution in [2.75, 3.05) is 5.32 Å². The monoisotopic (exact) mass is 293 g/mol. The van der Waals surface area contributed by atoms with E-state index in [0.717, 1.165) is 11.3 Å². The van der Waals surface area contributed by atoms with Gasteiger partial charge in [0.2, 0.25) is 0 Å². The summed E-state index contributed by atoms with van der Waals surface area (Å²) in [5, 5.41) is 22.6. The van der Waals surface area contributed by atoms with Crippen LogP contribution < -0.4 is 5.32 Å². The summed E-state index contributed by atoms with van der Waals surface area (Å²) in [6.07, 6.45) is 0. The minimum Gasteiger partial charge on any atom is -0.508 e. The molecule has 2 aromatic rings. The van der Waals surface area contributed by atoms with Gasteiger partial charge in [0.1, 0.15) is 16.5 Å². The lowest BCUT2D eigenvalue weighted by atomic mass is 10.1. The maximum absolute atomic E-state index is 9.72. The van der Waals surface area contributed by atoms with Gasteiger partial charge in [-0.25, -0.2) is 0 Å². The molecule has 0 heterocycles. The van der Waals surface area contributed by atoms with Crippen LogP contribution in [0, 0.1) is 6.92 Å². The second kappa shape index (κ2) is 5.47. The van der Waals surface area contributed by atoms with E-state index in [1.807, 2.05) is 19.1 Å². The fourth-order valence-electron chi connectivity index (χ4n) is 1.58. The molecule has 0 aliphatic rings. The molecule has 0 atom stereocenters.